The van der Waals surface area contributed by atoms with E-state index in [1.165, 1.54) is 38.4 Å². The lowest BCUT2D eigenvalue weighted by Crippen LogP contribution is -2.37. The Morgan fingerprint density at radius 2 is 1.60 bits per heavy atom. The molecule has 1 fully saturated rings. The molecule has 1 heterocycles. The van der Waals surface area contributed by atoms with Gasteiger partial charge in [0.05, 0.1) is 18.0 Å². The van der Waals surface area contributed by atoms with E-state index in [1.54, 1.807) is 29.2 Å². The van der Waals surface area contributed by atoms with Gasteiger partial charge in [0.1, 0.15) is 11.5 Å². The molecule has 2 amide bonds. The van der Waals surface area contributed by atoms with E-state index in [4.69, 9.17) is 9.57 Å². The van der Waals surface area contributed by atoms with Crippen molar-refractivity contribution >= 4 is 27.5 Å². The molecule has 3 aromatic carbocycles. The molecule has 182 valence electrons. The highest BCUT2D eigenvalue weighted by atomic mass is 32.2. The number of anilines is 1. The van der Waals surface area contributed by atoms with Gasteiger partial charge in [-0.2, -0.15) is 0 Å². The van der Waals surface area contributed by atoms with E-state index in [9.17, 15) is 18.0 Å². The van der Waals surface area contributed by atoms with E-state index in [0.717, 1.165) is 10.2 Å². The Balaban J connectivity index is 1.37. The molecule has 1 aliphatic rings. The van der Waals surface area contributed by atoms with E-state index in [0.29, 0.717) is 18.0 Å². The molecule has 0 radical (unpaired) electrons. The maximum atomic E-state index is 12.7. The molecular formula is C25H25N3O6S. The standard InChI is InChI=1S/C25H25N3O6S/c1-27(33-2)35(31,32)23-14-8-18(9-15-23)25(30)26-19-16-24(29)28(17-19)20-10-12-22(13-11-20)34-21-6-4-3-5-7-21/h3-15,19H,16-17H2,1-2H3,(H,26,30). The molecule has 0 aromatic heterocycles. The number of benzene rings is 3. The number of nitrogens with zero attached hydrogens (tertiary/aromatic N) is 2. The highest BCUT2D eigenvalue weighted by Gasteiger charge is 2.32. The van der Waals surface area contributed by atoms with Gasteiger partial charge in [0.15, 0.2) is 0 Å². The molecule has 9 nitrogen and oxygen atoms in total. The van der Waals surface area contributed by atoms with E-state index in [-0.39, 0.29) is 34.7 Å². The molecule has 3 aromatic rings. The van der Waals surface area contributed by atoms with Crippen LogP contribution in [0, 0.1) is 0 Å². The van der Waals surface area contributed by atoms with Crippen LogP contribution >= 0.6 is 0 Å². The van der Waals surface area contributed by atoms with Crippen molar-refractivity contribution in [1.82, 2.24) is 9.79 Å². The van der Waals surface area contributed by atoms with E-state index in [1.807, 2.05) is 30.3 Å². The number of amides is 2. The second kappa shape index (κ2) is 10.3. The first-order valence-corrected chi connectivity index (χ1v) is 12.3. The Bertz CT molecular complexity index is 1300. The first-order chi connectivity index (χ1) is 16.8. The SMILES string of the molecule is CON(C)S(=O)(=O)c1ccc(C(=O)NC2CC(=O)N(c3ccc(Oc4ccccc4)cc3)C2)cc1. The van der Waals surface area contributed by atoms with Gasteiger partial charge in [0.2, 0.25) is 5.91 Å². The fourth-order valence-electron chi connectivity index (χ4n) is 3.67. The van der Waals surface area contributed by atoms with Crippen molar-refractivity contribution in [3.05, 3.63) is 84.4 Å². The highest BCUT2D eigenvalue weighted by Crippen LogP contribution is 2.27. The summed E-state index contributed by atoms with van der Waals surface area (Å²) in [6.07, 6.45) is 0.166. The summed E-state index contributed by atoms with van der Waals surface area (Å²) >= 11 is 0. The molecule has 0 saturated carbocycles. The summed E-state index contributed by atoms with van der Waals surface area (Å²) in [6, 6.07) is 21.7. The first kappa shape index (κ1) is 24.4. The van der Waals surface area contributed by atoms with E-state index < -0.39 is 10.0 Å². The fourth-order valence-corrected chi connectivity index (χ4v) is 4.64. The van der Waals surface area contributed by atoms with Gasteiger partial charge in [-0.15, -0.1) is 0 Å². The molecule has 1 unspecified atom stereocenters. The van der Waals surface area contributed by atoms with Gasteiger partial charge in [-0.25, -0.2) is 8.42 Å². The number of rotatable bonds is 8. The second-order valence-electron chi connectivity index (χ2n) is 7.91. The lowest BCUT2D eigenvalue weighted by Gasteiger charge is -2.18. The van der Waals surface area contributed by atoms with Gasteiger partial charge in [0, 0.05) is 31.3 Å². The molecule has 1 N–H and O–H groups in total. The van der Waals surface area contributed by atoms with E-state index >= 15 is 0 Å². The summed E-state index contributed by atoms with van der Waals surface area (Å²) in [4.78, 5) is 31.6. The lowest BCUT2D eigenvalue weighted by molar-refractivity contribution is -0.117. The van der Waals surface area contributed by atoms with Crippen molar-refractivity contribution in [2.75, 3.05) is 25.6 Å². The summed E-state index contributed by atoms with van der Waals surface area (Å²) in [6.45, 7) is 0.328. The Morgan fingerprint density at radius 1 is 0.971 bits per heavy atom. The van der Waals surface area contributed by atoms with Crippen molar-refractivity contribution in [1.29, 1.82) is 0 Å². The average molecular weight is 496 g/mol. The van der Waals surface area contributed by atoms with Crippen molar-refractivity contribution < 1.29 is 27.6 Å². The van der Waals surface area contributed by atoms with Gasteiger partial charge >= 0.3 is 0 Å². The molecule has 1 saturated heterocycles. The summed E-state index contributed by atoms with van der Waals surface area (Å²) in [7, 11) is -1.27. The number of carbonyl (C=O) groups is 2. The number of hydroxylamine groups is 1. The summed E-state index contributed by atoms with van der Waals surface area (Å²) in [5, 5.41) is 2.85. The Morgan fingerprint density at radius 3 is 2.23 bits per heavy atom. The second-order valence-corrected chi connectivity index (χ2v) is 9.85. The molecule has 4 rings (SSSR count). The number of para-hydroxylation sites is 1. The third-order valence-corrected chi connectivity index (χ3v) is 7.29. The fraction of sp³-hybridized carbons (Fsp3) is 0.200. The predicted molar refractivity (Wildman–Crippen MR) is 130 cm³/mol. The van der Waals surface area contributed by atoms with Crippen LogP contribution in [0.4, 0.5) is 5.69 Å². The van der Waals surface area contributed by atoms with Gasteiger partial charge in [-0.05, 0) is 60.7 Å². The first-order valence-electron chi connectivity index (χ1n) is 10.9. The number of hydrogen-bond donors (Lipinski definition) is 1. The molecule has 10 heteroatoms. The zero-order valence-electron chi connectivity index (χ0n) is 19.2. The Hall–Kier alpha value is -3.73. The number of carbonyl (C=O) groups excluding carboxylic acids is 2. The van der Waals surface area contributed by atoms with Gasteiger partial charge in [-0.3, -0.25) is 14.4 Å². The van der Waals surface area contributed by atoms with Crippen molar-refractivity contribution in [3.63, 3.8) is 0 Å². The van der Waals surface area contributed by atoms with Crippen LogP contribution in [0.25, 0.3) is 0 Å². The normalized spacial score (nSPS) is 15.9. The van der Waals surface area contributed by atoms with Crippen LogP contribution in [-0.4, -0.2) is 51.4 Å². The van der Waals surface area contributed by atoms with Gasteiger partial charge in [-0.1, -0.05) is 22.7 Å². The minimum absolute atomic E-state index is 0.000287. The largest absolute Gasteiger partial charge is 0.457 e. The van der Waals surface area contributed by atoms with E-state index in [2.05, 4.69) is 5.32 Å². The Labute approximate surface area is 203 Å². The van der Waals surface area contributed by atoms with Crippen LogP contribution in [0.1, 0.15) is 16.8 Å². The summed E-state index contributed by atoms with van der Waals surface area (Å²) in [5.74, 6) is 0.881. The van der Waals surface area contributed by atoms with Crippen molar-refractivity contribution in [2.45, 2.75) is 17.4 Å². The molecular weight excluding hydrogens is 470 g/mol. The predicted octanol–water partition coefficient (Wildman–Crippen LogP) is 3.20. The van der Waals surface area contributed by atoms with Gasteiger partial charge < -0.3 is 15.0 Å². The van der Waals surface area contributed by atoms with Crippen molar-refractivity contribution in [3.8, 4) is 11.5 Å². The maximum Gasteiger partial charge on any atom is 0.264 e. The van der Waals surface area contributed by atoms with Crippen LogP contribution in [-0.2, 0) is 19.7 Å². The molecule has 0 bridgehead atoms. The van der Waals surface area contributed by atoms with Crippen LogP contribution in [0.15, 0.2) is 83.8 Å². The molecule has 35 heavy (non-hydrogen) atoms. The highest BCUT2D eigenvalue weighted by molar-refractivity contribution is 7.89. The quantitative estimate of drug-likeness (QED) is 0.481. The molecule has 0 spiro atoms. The molecule has 1 atom stereocenters. The zero-order chi connectivity index (χ0) is 25.0. The minimum atomic E-state index is -3.80. The zero-order valence-corrected chi connectivity index (χ0v) is 20.1. The topological polar surface area (TPSA) is 105 Å². The number of nitrogens with one attached hydrogen (secondary N) is 1. The maximum absolute atomic E-state index is 12.7. The summed E-state index contributed by atoms with van der Waals surface area (Å²) < 4.78 is 31.1. The van der Waals surface area contributed by atoms with Crippen LogP contribution in [0.2, 0.25) is 0 Å². The van der Waals surface area contributed by atoms with Crippen LogP contribution in [0.3, 0.4) is 0 Å². The lowest BCUT2D eigenvalue weighted by atomic mass is 10.2. The molecule has 1 aliphatic heterocycles. The van der Waals surface area contributed by atoms with Gasteiger partial charge in [0.25, 0.3) is 15.9 Å². The number of sulfonamides is 1. The van der Waals surface area contributed by atoms with Crippen molar-refractivity contribution in [2.24, 2.45) is 0 Å². The van der Waals surface area contributed by atoms with Crippen LogP contribution in [0.5, 0.6) is 11.5 Å². The smallest absolute Gasteiger partial charge is 0.264 e. The third-order valence-electron chi connectivity index (χ3n) is 5.60. The minimum Gasteiger partial charge on any atom is -0.457 e. The average Bonchev–Trinajstić information content (AvgIpc) is 3.24. The number of hydrogen-bond acceptors (Lipinski definition) is 6. The number of ether oxygens (including phenoxy) is 1. The monoisotopic (exact) mass is 495 g/mol. The Kier molecular flexibility index (Phi) is 7.15. The summed E-state index contributed by atoms with van der Waals surface area (Å²) in [5.41, 5.74) is 1.00. The third kappa shape index (κ3) is 5.51. The molecule has 0 aliphatic carbocycles. The van der Waals surface area contributed by atoms with Crippen LogP contribution < -0.4 is 15.0 Å².